The van der Waals surface area contributed by atoms with E-state index in [1.54, 1.807) is 42.5 Å². The second kappa shape index (κ2) is 12.2. The summed E-state index contributed by atoms with van der Waals surface area (Å²) < 4.78 is 29.2. The normalized spacial score (nSPS) is 12.0. The van der Waals surface area contributed by atoms with Crippen LogP contribution in [0.15, 0.2) is 88.2 Å². The van der Waals surface area contributed by atoms with Gasteiger partial charge in [-0.2, -0.15) is 0 Å². The minimum absolute atomic E-state index is 0.0733. The van der Waals surface area contributed by atoms with E-state index in [9.17, 15) is 18.0 Å². The molecule has 0 aliphatic carbocycles. The first-order valence-electron chi connectivity index (χ1n) is 11.6. The molecule has 190 valence electrons. The average molecular weight is 573 g/mol. The summed E-state index contributed by atoms with van der Waals surface area (Å²) in [5.74, 6) is -0.785. The Morgan fingerprint density at radius 3 is 2.11 bits per heavy atom. The Balaban J connectivity index is 2.03. The van der Waals surface area contributed by atoms with Crippen LogP contribution in [0.1, 0.15) is 24.5 Å². The van der Waals surface area contributed by atoms with Crippen LogP contribution < -0.4 is 9.62 Å². The molecule has 3 rings (SSSR count). The Bertz CT molecular complexity index is 1280. The van der Waals surface area contributed by atoms with E-state index in [0.29, 0.717) is 12.1 Å². The summed E-state index contributed by atoms with van der Waals surface area (Å²) in [6.45, 7) is 3.50. The molecule has 1 atom stereocenters. The lowest BCUT2D eigenvalue weighted by molar-refractivity contribution is -0.140. The van der Waals surface area contributed by atoms with Crippen molar-refractivity contribution in [2.75, 3.05) is 17.9 Å². The standard InChI is InChI=1S/C27H30BrN3O4S/c1-4-25(27(33)29-3)30(18-21-12-10-20(2)11-13-21)26(32)19-31(23-16-14-22(28)15-17-23)36(34,35)24-8-6-5-7-9-24/h5-17,25H,4,18-19H2,1-3H3,(H,29,33). The second-order valence-corrected chi connectivity index (χ2v) is 11.1. The highest BCUT2D eigenvalue weighted by Gasteiger charge is 2.33. The van der Waals surface area contributed by atoms with Crippen molar-refractivity contribution in [3.05, 3.63) is 94.5 Å². The number of likely N-dealkylation sites (N-methyl/N-ethyl adjacent to an activating group) is 1. The van der Waals surface area contributed by atoms with Crippen LogP contribution >= 0.6 is 15.9 Å². The molecule has 0 saturated heterocycles. The fraction of sp³-hybridized carbons (Fsp3) is 0.259. The number of nitrogens with one attached hydrogen (secondary N) is 1. The highest BCUT2D eigenvalue weighted by atomic mass is 79.9. The van der Waals surface area contributed by atoms with E-state index in [4.69, 9.17) is 0 Å². The highest BCUT2D eigenvalue weighted by molar-refractivity contribution is 9.10. The van der Waals surface area contributed by atoms with Crippen LogP contribution in [0.25, 0.3) is 0 Å². The molecule has 2 amide bonds. The number of hydrogen-bond acceptors (Lipinski definition) is 4. The van der Waals surface area contributed by atoms with Gasteiger partial charge in [-0.1, -0.05) is 70.9 Å². The first kappa shape index (κ1) is 27.4. The van der Waals surface area contributed by atoms with Crippen LogP contribution in [0.5, 0.6) is 0 Å². The Hall–Kier alpha value is -3.17. The van der Waals surface area contributed by atoms with Crippen molar-refractivity contribution in [1.29, 1.82) is 0 Å². The first-order valence-corrected chi connectivity index (χ1v) is 13.8. The Labute approximate surface area is 221 Å². The van der Waals surface area contributed by atoms with Crippen LogP contribution in [0.2, 0.25) is 0 Å². The molecule has 0 spiro atoms. The van der Waals surface area contributed by atoms with Crippen LogP contribution in [0.3, 0.4) is 0 Å². The van der Waals surface area contributed by atoms with Gasteiger partial charge in [-0.05, 0) is 55.3 Å². The summed E-state index contributed by atoms with van der Waals surface area (Å²) in [4.78, 5) is 28.0. The number of aryl methyl sites for hydroxylation is 1. The summed E-state index contributed by atoms with van der Waals surface area (Å²) in [5.41, 5.74) is 2.27. The Morgan fingerprint density at radius 1 is 0.944 bits per heavy atom. The summed E-state index contributed by atoms with van der Waals surface area (Å²) in [6.07, 6.45) is 0.376. The van der Waals surface area contributed by atoms with E-state index in [1.807, 2.05) is 38.1 Å². The summed E-state index contributed by atoms with van der Waals surface area (Å²) >= 11 is 3.37. The third kappa shape index (κ3) is 6.53. The molecule has 0 saturated carbocycles. The third-order valence-electron chi connectivity index (χ3n) is 5.83. The number of benzene rings is 3. The third-order valence-corrected chi connectivity index (χ3v) is 8.15. The molecule has 3 aromatic carbocycles. The zero-order valence-electron chi connectivity index (χ0n) is 20.5. The van der Waals surface area contributed by atoms with Crippen LogP contribution in [-0.4, -0.2) is 44.8 Å². The van der Waals surface area contributed by atoms with E-state index in [2.05, 4.69) is 21.2 Å². The van der Waals surface area contributed by atoms with Crippen LogP contribution in [0, 0.1) is 6.92 Å². The highest BCUT2D eigenvalue weighted by Crippen LogP contribution is 2.26. The molecule has 1 unspecified atom stereocenters. The number of nitrogens with zero attached hydrogens (tertiary/aromatic N) is 2. The molecule has 1 N–H and O–H groups in total. The maximum absolute atomic E-state index is 13.8. The molecular formula is C27H30BrN3O4S. The maximum atomic E-state index is 13.8. The van der Waals surface area contributed by atoms with Gasteiger partial charge in [-0.25, -0.2) is 8.42 Å². The SMILES string of the molecule is CCC(C(=O)NC)N(Cc1ccc(C)cc1)C(=O)CN(c1ccc(Br)cc1)S(=O)(=O)c1ccccc1. The molecule has 0 bridgehead atoms. The lowest BCUT2D eigenvalue weighted by Crippen LogP contribution is -2.51. The van der Waals surface area contributed by atoms with Crippen LogP contribution in [0.4, 0.5) is 5.69 Å². The van der Waals surface area contributed by atoms with Gasteiger partial charge in [0.2, 0.25) is 11.8 Å². The minimum Gasteiger partial charge on any atom is -0.357 e. The fourth-order valence-electron chi connectivity index (χ4n) is 3.83. The molecule has 0 aliphatic rings. The van der Waals surface area contributed by atoms with Crippen molar-refractivity contribution in [1.82, 2.24) is 10.2 Å². The topological polar surface area (TPSA) is 86.8 Å². The summed E-state index contributed by atoms with van der Waals surface area (Å²) in [5, 5.41) is 2.62. The van der Waals surface area contributed by atoms with Gasteiger partial charge in [0.05, 0.1) is 10.6 Å². The van der Waals surface area contributed by atoms with E-state index in [0.717, 1.165) is 19.9 Å². The molecule has 0 heterocycles. The van der Waals surface area contributed by atoms with Gasteiger partial charge in [-0.3, -0.25) is 13.9 Å². The number of anilines is 1. The maximum Gasteiger partial charge on any atom is 0.264 e. The molecule has 0 aliphatic heterocycles. The van der Waals surface area contributed by atoms with Gasteiger partial charge >= 0.3 is 0 Å². The number of carbonyl (C=O) groups is 2. The number of carbonyl (C=O) groups excluding carboxylic acids is 2. The van der Waals surface area contributed by atoms with Gasteiger partial charge in [0.15, 0.2) is 0 Å². The zero-order chi connectivity index (χ0) is 26.3. The van der Waals surface area contributed by atoms with Crippen molar-refractivity contribution in [2.45, 2.75) is 37.8 Å². The average Bonchev–Trinajstić information content (AvgIpc) is 2.89. The van der Waals surface area contributed by atoms with Gasteiger partial charge in [0.25, 0.3) is 10.0 Å². The van der Waals surface area contributed by atoms with Gasteiger partial charge in [0.1, 0.15) is 12.6 Å². The number of rotatable bonds is 10. The summed E-state index contributed by atoms with van der Waals surface area (Å²) in [7, 11) is -2.54. The number of sulfonamides is 1. The number of hydrogen-bond donors (Lipinski definition) is 1. The number of amides is 2. The molecule has 9 heteroatoms. The van der Waals surface area contributed by atoms with Crippen molar-refractivity contribution < 1.29 is 18.0 Å². The predicted octanol–water partition coefficient (Wildman–Crippen LogP) is 4.51. The van der Waals surface area contributed by atoms with E-state index in [1.165, 1.54) is 24.1 Å². The first-order chi connectivity index (χ1) is 17.2. The quantitative estimate of drug-likeness (QED) is 0.388. The molecule has 0 radical (unpaired) electrons. The van der Waals surface area contributed by atoms with E-state index >= 15 is 0 Å². The zero-order valence-corrected chi connectivity index (χ0v) is 22.9. The van der Waals surface area contributed by atoms with Crippen molar-refractivity contribution in [2.24, 2.45) is 0 Å². The van der Waals surface area contributed by atoms with Crippen molar-refractivity contribution >= 4 is 43.5 Å². The molecule has 0 aromatic heterocycles. The molecule has 3 aromatic rings. The van der Waals surface area contributed by atoms with Crippen LogP contribution in [-0.2, 0) is 26.2 Å². The molecular weight excluding hydrogens is 542 g/mol. The summed E-state index contributed by atoms with van der Waals surface area (Å²) in [6, 6.07) is 21.6. The van der Waals surface area contributed by atoms with Gasteiger partial charge in [-0.15, -0.1) is 0 Å². The molecule has 0 fully saturated rings. The van der Waals surface area contributed by atoms with Crippen molar-refractivity contribution in [3.63, 3.8) is 0 Å². The number of halogens is 1. The second-order valence-electron chi connectivity index (χ2n) is 8.35. The smallest absolute Gasteiger partial charge is 0.264 e. The lowest BCUT2D eigenvalue weighted by Gasteiger charge is -2.33. The lowest BCUT2D eigenvalue weighted by atomic mass is 10.1. The van der Waals surface area contributed by atoms with E-state index in [-0.39, 0.29) is 17.3 Å². The van der Waals surface area contributed by atoms with E-state index < -0.39 is 28.5 Å². The monoisotopic (exact) mass is 571 g/mol. The van der Waals surface area contributed by atoms with Crippen molar-refractivity contribution in [3.8, 4) is 0 Å². The van der Waals surface area contributed by atoms with Gasteiger partial charge in [0, 0.05) is 18.1 Å². The molecule has 7 nitrogen and oxygen atoms in total. The Morgan fingerprint density at radius 2 is 1.56 bits per heavy atom. The largest absolute Gasteiger partial charge is 0.357 e. The predicted molar refractivity (Wildman–Crippen MR) is 145 cm³/mol. The Kier molecular flexibility index (Phi) is 9.28. The fourth-order valence-corrected chi connectivity index (χ4v) is 5.53. The molecule has 36 heavy (non-hydrogen) atoms. The van der Waals surface area contributed by atoms with Gasteiger partial charge < -0.3 is 10.2 Å². The minimum atomic E-state index is -4.06.